The van der Waals surface area contributed by atoms with E-state index in [2.05, 4.69) is 35.2 Å². The van der Waals surface area contributed by atoms with Gasteiger partial charge in [-0.05, 0) is 83.8 Å². The second kappa shape index (κ2) is 10.6. The molecular formula is C34H33N5O3. The standard InChI is InChI=1S/C34H33N5O3/c1-33(2)27-15-26(31(41)28(33)16-27)21-39-30(17-29(40)25-5-3-24(20-35)4-6-25)38-34(32(39)42,18-22-7-11-36-12-8-22)19-23-9-13-37-14-10-23/h3-14,17,26-28,38H,15-16,18-19,21H2,1-2H3. The number of pyridine rings is 2. The van der Waals surface area contributed by atoms with E-state index in [9.17, 15) is 14.4 Å². The Morgan fingerprint density at radius 3 is 2.10 bits per heavy atom. The molecule has 7 rings (SSSR count). The molecule has 212 valence electrons. The maximum absolute atomic E-state index is 14.6. The molecule has 3 heterocycles. The molecule has 3 aliphatic carbocycles. The zero-order chi connectivity index (χ0) is 29.5. The van der Waals surface area contributed by atoms with Crippen molar-refractivity contribution in [3.05, 3.63) is 107 Å². The molecule has 42 heavy (non-hydrogen) atoms. The van der Waals surface area contributed by atoms with Gasteiger partial charge in [0.2, 0.25) is 0 Å². The molecule has 3 aromatic rings. The van der Waals surface area contributed by atoms with Crippen LogP contribution >= 0.6 is 0 Å². The summed E-state index contributed by atoms with van der Waals surface area (Å²) in [5, 5.41) is 12.6. The molecule has 3 saturated carbocycles. The van der Waals surface area contributed by atoms with Crippen molar-refractivity contribution in [1.82, 2.24) is 20.2 Å². The largest absolute Gasteiger partial charge is 0.357 e. The van der Waals surface area contributed by atoms with Crippen LogP contribution in [0.15, 0.2) is 85.2 Å². The molecule has 1 aliphatic heterocycles. The monoisotopic (exact) mass is 559 g/mol. The van der Waals surface area contributed by atoms with Crippen LogP contribution in [0, 0.1) is 34.5 Å². The molecule has 4 fully saturated rings. The van der Waals surface area contributed by atoms with Gasteiger partial charge in [0, 0.05) is 67.6 Å². The Morgan fingerprint density at radius 1 is 0.976 bits per heavy atom. The van der Waals surface area contributed by atoms with Crippen molar-refractivity contribution in [3.8, 4) is 6.07 Å². The molecule has 1 amide bonds. The zero-order valence-corrected chi connectivity index (χ0v) is 23.8. The molecule has 1 saturated heterocycles. The van der Waals surface area contributed by atoms with Gasteiger partial charge in [-0.1, -0.05) is 13.8 Å². The number of hydrogen-bond acceptors (Lipinski definition) is 7. The van der Waals surface area contributed by atoms with Crippen molar-refractivity contribution in [3.63, 3.8) is 0 Å². The molecule has 3 unspecified atom stereocenters. The van der Waals surface area contributed by atoms with Crippen LogP contribution < -0.4 is 5.32 Å². The number of aromatic nitrogens is 2. The molecular weight excluding hydrogens is 526 g/mol. The number of carbonyl (C=O) groups is 3. The van der Waals surface area contributed by atoms with Gasteiger partial charge in [-0.25, -0.2) is 0 Å². The summed E-state index contributed by atoms with van der Waals surface area (Å²) in [6.07, 6.45) is 10.7. The van der Waals surface area contributed by atoms with E-state index >= 15 is 0 Å². The van der Waals surface area contributed by atoms with Crippen LogP contribution in [-0.4, -0.2) is 44.4 Å². The highest BCUT2D eigenvalue weighted by molar-refractivity contribution is 6.06. The predicted octanol–water partition coefficient (Wildman–Crippen LogP) is 4.28. The van der Waals surface area contributed by atoms with E-state index in [1.54, 1.807) is 54.0 Å². The summed E-state index contributed by atoms with van der Waals surface area (Å²) in [5.41, 5.74) is 1.64. The first-order chi connectivity index (χ1) is 20.2. The summed E-state index contributed by atoms with van der Waals surface area (Å²) in [5.74, 6) is 0.333. The van der Waals surface area contributed by atoms with Crippen LogP contribution in [0.1, 0.15) is 53.7 Å². The summed E-state index contributed by atoms with van der Waals surface area (Å²) in [6.45, 7) is 4.56. The molecule has 0 spiro atoms. The maximum atomic E-state index is 14.6. The Hall–Kier alpha value is -4.64. The Balaban J connectivity index is 1.38. The highest BCUT2D eigenvalue weighted by Gasteiger charge is 2.59. The van der Waals surface area contributed by atoms with Crippen LogP contribution in [0.2, 0.25) is 0 Å². The first kappa shape index (κ1) is 27.5. The quantitative estimate of drug-likeness (QED) is 0.324. The van der Waals surface area contributed by atoms with Crippen molar-refractivity contribution in [2.75, 3.05) is 6.54 Å². The third kappa shape index (κ3) is 4.89. The van der Waals surface area contributed by atoms with Crippen LogP contribution in [0.25, 0.3) is 0 Å². The van der Waals surface area contributed by atoms with Gasteiger partial charge in [-0.15, -0.1) is 0 Å². The van der Waals surface area contributed by atoms with Gasteiger partial charge in [0.25, 0.3) is 5.91 Å². The average molecular weight is 560 g/mol. The minimum atomic E-state index is -1.08. The maximum Gasteiger partial charge on any atom is 0.254 e. The number of nitriles is 1. The number of benzene rings is 1. The van der Waals surface area contributed by atoms with Crippen LogP contribution in [0.5, 0.6) is 0 Å². The smallest absolute Gasteiger partial charge is 0.254 e. The topological polar surface area (TPSA) is 116 Å². The van der Waals surface area contributed by atoms with Gasteiger partial charge in [-0.3, -0.25) is 29.3 Å². The number of nitrogens with zero attached hydrogens (tertiary/aromatic N) is 4. The fraction of sp³-hybridized carbons (Fsp3) is 0.353. The summed E-state index contributed by atoms with van der Waals surface area (Å²) < 4.78 is 0. The van der Waals surface area contributed by atoms with E-state index in [1.165, 1.54) is 6.08 Å². The Bertz CT molecular complexity index is 1550. The second-order valence-electron chi connectivity index (χ2n) is 12.4. The lowest BCUT2D eigenvalue weighted by molar-refractivity contribution is -0.158. The Morgan fingerprint density at radius 2 is 1.57 bits per heavy atom. The number of carbonyl (C=O) groups excluding carboxylic acids is 3. The fourth-order valence-corrected chi connectivity index (χ4v) is 6.97. The van der Waals surface area contributed by atoms with Gasteiger partial charge in [0.15, 0.2) is 5.78 Å². The average Bonchev–Trinajstić information content (AvgIpc) is 3.23. The minimum Gasteiger partial charge on any atom is -0.357 e. The number of nitrogens with one attached hydrogen (secondary N) is 1. The number of hydrogen-bond donors (Lipinski definition) is 1. The molecule has 3 atom stereocenters. The van der Waals surface area contributed by atoms with Crippen molar-refractivity contribution in [1.29, 1.82) is 5.26 Å². The van der Waals surface area contributed by atoms with Crippen molar-refractivity contribution < 1.29 is 14.4 Å². The van der Waals surface area contributed by atoms with Crippen molar-refractivity contribution >= 4 is 17.5 Å². The second-order valence-corrected chi connectivity index (χ2v) is 12.4. The van der Waals surface area contributed by atoms with E-state index in [1.807, 2.05) is 24.3 Å². The summed E-state index contributed by atoms with van der Waals surface area (Å²) in [4.78, 5) is 51.5. The molecule has 2 bridgehead atoms. The van der Waals surface area contributed by atoms with Crippen molar-refractivity contribution in [2.24, 2.45) is 23.2 Å². The number of allylic oxidation sites excluding steroid dienone is 1. The van der Waals surface area contributed by atoms with E-state index < -0.39 is 5.54 Å². The van der Waals surface area contributed by atoms with E-state index in [0.29, 0.717) is 35.7 Å². The third-order valence-corrected chi connectivity index (χ3v) is 9.58. The Labute approximate surface area is 245 Å². The molecule has 4 aliphatic rings. The molecule has 8 heteroatoms. The first-order valence-corrected chi connectivity index (χ1v) is 14.4. The third-order valence-electron chi connectivity index (χ3n) is 9.58. The Kier molecular flexibility index (Phi) is 6.97. The fourth-order valence-electron chi connectivity index (χ4n) is 6.97. The highest BCUT2D eigenvalue weighted by Crippen LogP contribution is 2.59. The molecule has 1 N–H and O–H groups in total. The molecule has 8 nitrogen and oxygen atoms in total. The van der Waals surface area contributed by atoms with Crippen LogP contribution in [0.4, 0.5) is 0 Å². The zero-order valence-electron chi connectivity index (χ0n) is 23.8. The normalized spacial score (nSPS) is 24.5. The van der Waals surface area contributed by atoms with E-state index in [-0.39, 0.29) is 41.3 Å². The number of ketones is 2. The molecule has 1 aromatic carbocycles. The number of fused-ring (bicyclic) bond motifs is 2. The van der Waals surface area contributed by atoms with E-state index in [0.717, 1.165) is 24.0 Å². The molecule has 0 radical (unpaired) electrons. The van der Waals surface area contributed by atoms with Gasteiger partial charge in [-0.2, -0.15) is 5.26 Å². The minimum absolute atomic E-state index is 0.00246. The van der Waals surface area contributed by atoms with Crippen LogP contribution in [-0.2, 0) is 22.4 Å². The lowest BCUT2D eigenvalue weighted by atomic mass is 9.46. The van der Waals surface area contributed by atoms with Gasteiger partial charge < -0.3 is 5.32 Å². The SMILES string of the molecule is CC1(C)C2CC(CN3C(=O)C(Cc4ccncc4)(Cc4ccncc4)NC3=CC(=O)c3ccc(C#N)cc3)C(=O)C1C2. The van der Waals surface area contributed by atoms with Gasteiger partial charge in [0.1, 0.15) is 17.1 Å². The number of rotatable bonds is 8. The van der Waals surface area contributed by atoms with E-state index in [4.69, 9.17) is 5.26 Å². The summed E-state index contributed by atoms with van der Waals surface area (Å²) in [6, 6.07) is 16.0. The lowest BCUT2D eigenvalue weighted by Crippen LogP contribution is -2.58. The van der Waals surface area contributed by atoms with Crippen molar-refractivity contribution in [2.45, 2.75) is 45.1 Å². The number of Topliss-reactive ketones (excluding diaryl/α,β-unsaturated/α-hetero) is 1. The first-order valence-electron chi connectivity index (χ1n) is 14.4. The predicted molar refractivity (Wildman–Crippen MR) is 156 cm³/mol. The van der Waals surface area contributed by atoms with Crippen LogP contribution in [0.3, 0.4) is 0 Å². The molecule has 2 aromatic heterocycles. The summed E-state index contributed by atoms with van der Waals surface area (Å²) in [7, 11) is 0. The number of amides is 1. The highest BCUT2D eigenvalue weighted by atomic mass is 16.2. The van der Waals surface area contributed by atoms with Gasteiger partial charge >= 0.3 is 0 Å². The van der Waals surface area contributed by atoms with Gasteiger partial charge in [0.05, 0.1) is 11.6 Å². The summed E-state index contributed by atoms with van der Waals surface area (Å²) >= 11 is 0. The lowest BCUT2D eigenvalue weighted by Gasteiger charge is -2.57.